The zero-order chi connectivity index (χ0) is 19.0. The summed E-state index contributed by atoms with van der Waals surface area (Å²) in [6.07, 6.45) is 0. The molecule has 1 aliphatic rings. The van der Waals surface area contributed by atoms with E-state index < -0.39 is 5.97 Å². The average Bonchev–Trinajstić information content (AvgIpc) is 2.68. The fourth-order valence-electron chi connectivity index (χ4n) is 3.64. The van der Waals surface area contributed by atoms with Gasteiger partial charge in [-0.05, 0) is 19.4 Å². The van der Waals surface area contributed by atoms with Crippen molar-refractivity contribution < 1.29 is 14.6 Å². The number of benzene rings is 2. The van der Waals surface area contributed by atoms with Crippen molar-refractivity contribution >= 4 is 22.6 Å². The van der Waals surface area contributed by atoms with Gasteiger partial charge in [-0.1, -0.05) is 48.0 Å². The normalized spacial score (nSPS) is 14.5. The van der Waals surface area contributed by atoms with Gasteiger partial charge < -0.3 is 14.7 Å². The Balaban J connectivity index is 2.08. The van der Waals surface area contributed by atoms with Gasteiger partial charge in [0, 0.05) is 24.0 Å². The average molecular weight is 362 g/mol. The van der Waals surface area contributed by atoms with Crippen LogP contribution in [0.25, 0.3) is 22.2 Å². The molecule has 2 heterocycles. The highest BCUT2D eigenvalue weighted by molar-refractivity contribution is 6.11. The van der Waals surface area contributed by atoms with Gasteiger partial charge in [0.1, 0.15) is 0 Å². The molecule has 2 aromatic carbocycles. The molecule has 1 N–H and O–H groups in total. The summed E-state index contributed by atoms with van der Waals surface area (Å²) in [7, 11) is 0. The lowest BCUT2D eigenvalue weighted by Crippen LogP contribution is -2.37. The summed E-state index contributed by atoms with van der Waals surface area (Å²) < 4.78 is 5.48. The number of rotatable bonds is 3. The second kappa shape index (κ2) is 7.00. The Morgan fingerprint density at radius 2 is 1.78 bits per heavy atom. The number of pyridine rings is 1. The van der Waals surface area contributed by atoms with E-state index in [2.05, 4.69) is 4.90 Å². The van der Waals surface area contributed by atoms with E-state index in [1.165, 1.54) is 0 Å². The van der Waals surface area contributed by atoms with Crippen molar-refractivity contribution in [3.8, 4) is 11.3 Å². The van der Waals surface area contributed by atoms with Crippen molar-refractivity contribution in [2.75, 3.05) is 31.2 Å². The molecule has 0 aliphatic carbocycles. The predicted octanol–water partition coefficient (Wildman–Crippen LogP) is 4.05. The van der Waals surface area contributed by atoms with Crippen molar-refractivity contribution in [3.05, 3.63) is 59.2 Å². The number of aromatic nitrogens is 1. The first kappa shape index (κ1) is 17.5. The molecular formula is C22H22N2O3. The van der Waals surface area contributed by atoms with Gasteiger partial charge in [-0.25, -0.2) is 9.78 Å². The number of hydrogen-bond donors (Lipinski definition) is 1. The first-order valence-corrected chi connectivity index (χ1v) is 9.12. The zero-order valence-electron chi connectivity index (χ0n) is 15.5. The molecule has 0 bridgehead atoms. The van der Waals surface area contributed by atoms with Gasteiger partial charge in [0.2, 0.25) is 0 Å². The monoisotopic (exact) mass is 362 g/mol. The van der Waals surface area contributed by atoms with Crippen LogP contribution in [0.4, 0.5) is 5.69 Å². The molecule has 0 radical (unpaired) electrons. The predicted molar refractivity (Wildman–Crippen MR) is 107 cm³/mol. The maximum Gasteiger partial charge on any atom is 0.338 e. The number of fused-ring (bicyclic) bond motifs is 1. The number of aryl methyl sites for hydroxylation is 2. The number of morpholine rings is 1. The van der Waals surface area contributed by atoms with Crippen molar-refractivity contribution in [2.45, 2.75) is 13.8 Å². The first-order chi connectivity index (χ1) is 13.1. The Morgan fingerprint density at radius 1 is 1.07 bits per heavy atom. The summed E-state index contributed by atoms with van der Waals surface area (Å²) in [5, 5.41) is 10.8. The Labute approximate surface area is 158 Å². The molecule has 0 amide bonds. The van der Waals surface area contributed by atoms with Crippen LogP contribution < -0.4 is 4.90 Å². The molecule has 4 rings (SSSR count). The fraction of sp³-hybridized carbons (Fsp3) is 0.273. The molecule has 0 atom stereocenters. The third-order valence-corrected chi connectivity index (χ3v) is 5.06. The van der Waals surface area contributed by atoms with Gasteiger partial charge in [-0.2, -0.15) is 0 Å². The summed E-state index contributed by atoms with van der Waals surface area (Å²) in [6.45, 7) is 6.47. The molecule has 138 valence electrons. The lowest BCUT2D eigenvalue weighted by molar-refractivity contribution is 0.0698. The first-order valence-electron chi connectivity index (χ1n) is 9.12. The minimum atomic E-state index is -0.928. The van der Waals surface area contributed by atoms with E-state index in [0.29, 0.717) is 42.9 Å². The van der Waals surface area contributed by atoms with Crippen LogP contribution in [0.5, 0.6) is 0 Å². The highest BCUT2D eigenvalue weighted by Gasteiger charge is 2.27. The molecule has 0 spiro atoms. The van der Waals surface area contributed by atoms with E-state index in [-0.39, 0.29) is 0 Å². The lowest BCUT2D eigenvalue weighted by Gasteiger charge is -2.32. The largest absolute Gasteiger partial charge is 0.478 e. The Bertz CT molecular complexity index is 1010. The number of para-hydroxylation sites is 1. The van der Waals surface area contributed by atoms with Crippen molar-refractivity contribution in [1.82, 2.24) is 4.98 Å². The Kier molecular flexibility index (Phi) is 4.54. The highest BCUT2D eigenvalue weighted by Crippen LogP contribution is 2.38. The number of carboxylic acids is 1. The SMILES string of the molecule is Cc1ccc(-c2nc3c(C)cccc3c(C(=O)O)c2N2CCOCC2)cc1. The third kappa shape index (κ3) is 3.15. The molecule has 3 aromatic rings. The molecule has 0 saturated carbocycles. The third-order valence-electron chi connectivity index (χ3n) is 5.06. The summed E-state index contributed by atoms with van der Waals surface area (Å²) in [5.41, 5.74) is 5.52. The van der Waals surface area contributed by atoms with Gasteiger partial charge in [0.05, 0.1) is 35.7 Å². The summed E-state index contributed by atoms with van der Waals surface area (Å²) in [4.78, 5) is 19.4. The topological polar surface area (TPSA) is 62.7 Å². The molecule has 1 aromatic heterocycles. The number of ether oxygens (including phenoxy) is 1. The molecule has 5 heteroatoms. The molecule has 1 saturated heterocycles. The van der Waals surface area contributed by atoms with Crippen molar-refractivity contribution in [3.63, 3.8) is 0 Å². The van der Waals surface area contributed by atoms with E-state index in [0.717, 1.165) is 27.9 Å². The maximum absolute atomic E-state index is 12.3. The minimum Gasteiger partial charge on any atom is -0.478 e. The number of carbonyl (C=O) groups is 1. The van der Waals surface area contributed by atoms with Crippen molar-refractivity contribution in [2.24, 2.45) is 0 Å². The number of hydrogen-bond acceptors (Lipinski definition) is 4. The van der Waals surface area contributed by atoms with E-state index in [4.69, 9.17) is 9.72 Å². The van der Waals surface area contributed by atoms with Crippen LogP contribution in [-0.2, 0) is 4.74 Å². The highest BCUT2D eigenvalue weighted by atomic mass is 16.5. The number of carboxylic acid groups (broad SMARTS) is 1. The maximum atomic E-state index is 12.3. The summed E-state index contributed by atoms with van der Waals surface area (Å²) in [6, 6.07) is 13.8. The van der Waals surface area contributed by atoms with Crippen molar-refractivity contribution in [1.29, 1.82) is 0 Å². The minimum absolute atomic E-state index is 0.321. The molecular weight excluding hydrogens is 340 g/mol. The Morgan fingerprint density at radius 3 is 2.44 bits per heavy atom. The molecule has 5 nitrogen and oxygen atoms in total. The van der Waals surface area contributed by atoms with Gasteiger partial charge in [-0.3, -0.25) is 0 Å². The van der Waals surface area contributed by atoms with Crippen LogP contribution in [0.1, 0.15) is 21.5 Å². The van der Waals surface area contributed by atoms with Gasteiger partial charge in [0.15, 0.2) is 0 Å². The Hall–Kier alpha value is -2.92. The second-order valence-electron chi connectivity index (χ2n) is 6.93. The quantitative estimate of drug-likeness (QED) is 0.761. The number of anilines is 1. The molecule has 1 fully saturated rings. The van der Waals surface area contributed by atoms with E-state index in [1.807, 2.05) is 56.3 Å². The van der Waals surface area contributed by atoms with Crippen LogP contribution in [-0.4, -0.2) is 42.4 Å². The fourth-order valence-corrected chi connectivity index (χ4v) is 3.64. The van der Waals surface area contributed by atoms with Gasteiger partial charge in [0.25, 0.3) is 0 Å². The van der Waals surface area contributed by atoms with Crippen LogP contribution in [0.2, 0.25) is 0 Å². The zero-order valence-corrected chi connectivity index (χ0v) is 15.5. The van der Waals surface area contributed by atoms with Crippen LogP contribution in [0, 0.1) is 13.8 Å². The van der Waals surface area contributed by atoms with Crippen LogP contribution in [0.3, 0.4) is 0 Å². The standard InChI is InChI=1S/C22H22N2O3/c1-14-6-8-16(9-7-14)20-21(24-10-12-27-13-11-24)18(22(25)26)17-5-3-4-15(2)19(17)23-20/h3-9H,10-13H2,1-2H3,(H,25,26). The van der Waals surface area contributed by atoms with E-state index in [9.17, 15) is 9.90 Å². The molecule has 1 aliphatic heterocycles. The molecule has 27 heavy (non-hydrogen) atoms. The van der Waals surface area contributed by atoms with E-state index >= 15 is 0 Å². The number of aromatic carboxylic acids is 1. The smallest absolute Gasteiger partial charge is 0.338 e. The van der Waals surface area contributed by atoms with Crippen LogP contribution in [0.15, 0.2) is 42.5 Å². The van der Waals surface area contributed by atoms with E-state index in [1.54, 1.807) is 0 Å². The summed E-state index contributed by atoms with van der Waals surface area (Å²) in [5.74, 6) is -0.928. The summed E-state index contributed by atoms with van der Waals surface area (Å²) >= 11 is 0. The molecule has 0 unspecified atom stereocenters. The van der Waals surface area contributed by atoms with Gasteiger partial charge in [-0.15, -0.1) is 0 Å². The second-order valence-corrected chi connectivity index (χ2v) is 6.93. The van der Waals surface area contributed by atoms with Crippen LogP contribution >= 0.6 is 0 Å². The lowest BCUT2D eigenvalue weighted by atomic mass is 9.98. The number of nitrogens with zero attached hydrogens (tertiary/aromatic N) is 2. The van der Waals surface area contributed by atoms with Gasteiger partial charge >= 0.3 is 5.97 Å².